The van der Waals surface area contributed by atoms with Gasteiger partial charge in [-0.15, -0.1) is 0 Å². The normalized spacial score (nSPS) is 10.1. The number of hydrogen-bond donors (Lipinski definition) is 4. The number of rotatable bonds is 4. The molecule has 0 radical (unpaired) electrons. The molecule has 6 heteroatoms. The second kappa shape index (κ2) is 5.48. The van der Waals surface area contributed by atoms with Crippen LogP contribution in [0.4, 0.5) is 27.1 Å². The molecule has 0 unspecified atom stereocenters. The lowest BCUT2D eigenvalue weighted by atomic mass is 10.1. The number of benzene rings is 2. The molecule has 2 rings (SSSR count). The Balaban J connectivity index is 2.56. The zero-order chi connectivity index (χ0) is 14.7. The molecule has 0 aromatic heterocycles. The minimum Gasteiger partial charge on any atom is -0.478 e. The maximum Gasteiger partial charge on any atom is 0.338 e. The van der Waals surface area contributed by atoms with Crippen LogP contribution in [0, 0.1) is 5.82 Å². The molecule has 0 aliphatic carbocycles. The van der Waals surface area contributed by atoms with Crippen LogP contribution in [0.25, 0.3) is 0 Å². The first-order valence-corrected chi connectivity index (χ1v) is 5.89. The van der Waals surface area contributed by atoms with Gasteiger partial charge >= 0.3 is 5.97 Å². The number of hydrogen-bond acceptors (Lipinski definition) is 4. The maximum atomic E-state index is 14.3. The summed E-state index contributed by atoms with van der Waals surface area (Å²) in [5, 5.41) is 14.6. The first-order valence-electron chi connectivity index (χ1n) is 5.89. The number of carboxylic acid groups (broad SMARTS) is 1. The number of nitrogens with two attached hydrogens (primary N) is 1. The van der Waals surface area contributed by atoms with Gasteiger partial charge in [0.2, 0.25) is 0 Å². The van der Waals surface area contributed by atoms with Crippen molar-refractivity contribution in [3.8, 4) is 0 Å². The van der Waals surface area contributed by atoms with Crippen molar-refractivity contribution < 1.29 is 14.3 Å². The first kappa shape index (κ1) is 13.7. The lowest BCUT2D eigenvalue weighted by molar-refractivity contribution is 0.0697. The van der Waals surface area contributed by atoms with Crippen molar-refractivity contribution in [1.29, 1.82) is 0 Å². The van der Waals surface area contributed by atoms with Crippen LogP contribution in [-0.4, -0.2) is 18.1 Å². The van der Waals surface area contributed by atoms with Gasteiger partial charge in [0, 0.05) is 12.7 Å². The van der Waals surface area contributed by atoms with Gasteiger partial charge in [0.25, 0.3) is 0 Å². The molecule has 0 fully saturated rings. The Hall–Kier alpha value is -2.76. The second-order valence-corrected chi connectivity index (χ2v) is 4.12. The number of nitrogen functional groups attached to an aromatic ring is 1. The molecule has 0 amide bonds. The van der Waals surface area contributed by atoms with E-state index in [1.165, 1.54) is 6.07 Å². The van der Waals surface area contributed by atoms with Gasteiger partial charge in [0.05, 0.1) is 22.6 Å². The van der Waals surface area contributed by atoms with Gasteiger partial charge in [0.1, 0.15) is 0 Å². The zero-order valence-electron chi connectivity index (χ0n) is 10.8. The van der Waals surface area contributed by atoms with E-state index in [2.05, 4.69) is 10.6 Å². The highest BCUT2D eigenvalue weighted by Gasteiger charge is 2.20. The van der Waals surface area contributed by atoms with E-state index in [1.54, 1.807) is 37.4 Å². The van der Waals surface area contributed by atoms with E-state index in [-0.39, 0.29) is 22.6 Å². The highest BCUT2D eigenvalue weighted by Crippen LogP contribution is 2.33. The summed E-state index contributed by atoms with van der Waals surface area (Å²) >= 11 is 0. The molecule has 104 valence electrons. The Bertz CT molecular complexity index is 645. The predicted octanol–water partition coefficient (Wildman–Crippen LogP) is 2.89. The Labute approximate surface area is 115 Å². The summed E-state index contributed by atoms with van der Waals surface area (Å²) < 4.78 is 14.3. The zero-order valence-corrected chi connectivity index (χ0v) is 10.8. The van der Waals surface area contributed by atoms with Crippen molar-refractivity contribution >= 4 is 28.7 Å². The second-order valence-electron chi connectivity index (χ2n) is 4.12. The molecule has 0 bridgehead atoms. The molecular weight excluding hydrogens is 261 g/mol. The van der Waals surface area contributed by atoms with Crippen LogP contribution in [0.5, 0.6) is 0 Å². The minimum absolute atomic E-state index is 0.129. The van der Waals surface area contributed by atoms with Gasteiger partial charge < -0.3 is 21.5 Å². The standard InChI is InChI=1S/C14H14FN3O2/c1-17-10-7-9(14(19)20)13(11(15)12(10)16)18-8-5-3-2-4-6-8/h2-7,17-18H,16H2,1H3,(H,19,20). The topological polar surface area (TPSA) is 87.4 Å². The van der Waals surface area contributed by atoms with Crippen molar-refractivity contribution in [2.24, 2.45) is 0 Å². The predicted molar refractivity (Wildman–Crippen MR) is 77.0 cm³/mol. The van der Waals surface area contributed by atoms with E-state index in [0.29, 0.717) is 5.69 Å². The molecule has 0 aliphatic rings. The maximum absolute atomic E-state index is 14.3. The largest absolute Gasteiger partial charge is 0.478 e. The average molecular weight is 275 g/mol. The summed E-state index contributed by atoms with van der Waals surface area (Å²) in [7, 11) is 1.54. The first-order chi connectivity index (χ1) is 9.54. The van der Waals surface area contributed by atoms with Gasteiger partial charge in [-0.3, -0.25) is 0 Å². The van der Waals surface area contributed by atoms with Crippen molar-refractivity contribution in [1.82, 2.24) is 0 Å². The van der Waals surface area contributed by atoms with Gasteiger partial charge in [-0.05, 0) is 18.2 Å². The summed E-state index contributed by atoms with van der Waals surface area (Å²) in [5.41, 5.74) is 5.98. The van der Waals surface area contributed by atoms with Crippen LogP contribution < -0.4 is 16.4 Å². The third kappa shape index (κ3) is 2.49. The molecule has 2 aromatic rings. The third-order valence-corrected chi connectivity index (χ3v) is 2.85. The van der Waals surface area contributed by atoms with E-state index in [1.807, 2.05) is 0 Å². The lowest BCUT2D eigenvalue weighted by Crippen LogP contribution is -2.09. The van der Waals surface area contributed by atoms with Crippen molar-refractivity contribution in [2.75, 3.05) is 23.4 Å². The van der Waals surface area contributed by atoms with E-state index < -0.39 is 11.8 Å². The molecule has 5 N–H and O–H groups in total. The molecule has 5 nitrogen and oxygen atoms in total. The number of aromatic carboxylic acids is 1. The lowest BCUT2D eigenvalue weighted by Gasteiger charge is -2.15. The summed E-state index contributed by atoms with van der Waals surface area (Å²) in [4.78, 5) is 11.3. The van der Waals surface area contributed by atoms with Gasteiger partial charge in [-0.25, -0.2) is 9.18 Å². The molecule has 0 spiro atoms. The SMILES string of the molecule is CNc1cc(C(=O)O)c(Nc2ccccc2)c(F)c1N. The number of nitrogens with one attached hydrogen (secondary N) is 2. The van der Waals surface area contributed by atoms with Gasteiger partial charge in [-0.1, -0.05) is 18.2 Å². The Kier molecular flexibility index (Phi) is 3.74. The van der Waals surface area contributed by atoms with Crippen LogP contribution in [0.2, 0.25) is 0 Å². The highest BCUT2D eigenvalue weighted by atomic mass is 19.1. The molecule has 0 saturated carbocycles. The monoisotopic (exact) mass is 275 g/mol. The van der Waals surface area contributed by atoms with Crippen LogP contribution in [0.15, 0.2) is 36.4 Å². The smallest absolute Gasteiger partial charge is 0.338 e. The van der Waals surface area contributed by atoms with E-state index in [9.17, 15) is 14.3 Å². The number of para-hydroxylation sites is 1. The fourth-order valence-corrected chi connectivity index (χ4v) is 1.83. The quantitative estimate of drug-likeness (QED) is 0.644. The van der Waals surface area contributed by atoms with E-state index >= 15 is 0 Å². The number of anilines is 4. The van der Waals surface area contributed by atoms with Crippen molar-refractivity contribution in [3.05, 3.63) is 47.8 Å². The fourth-order valence-electron chi connectivity index (χ4n) is 1.83. The summed E-state index contributed by atoms with van der Waals surface area (Å²) in [6.07, 6.45) is 0. The number of carboxylic acids is 1. The highest BCUT2D eigenvalue weighted by molar-refractivity contribution is 5.98. The minimum atomic E-state index is -1.24. The summed E-state index contributed by atoms with van der Waals surface area (Å²) in [5.74, 6) is -2.03. The van der Waals surface area contributed by atoms with Crippen LogP contribution in [-0.2, 0) is 0 Å². The number of carbonyl (C=O) groups is 1. The van der Waals surface area contributed by atoms with E-state index in [4.69, 9.17) is 5.73 Å². The van der Waals surface area contributed by atoms with Crippen LogP contribution >= 0.6 is 0 Å². The molecule has 2 aromatic carbocycles. The Morgan fingerprint density at radius 2 is 1.95 bits per heavy atom. The van der Waals surface area contributed by atoms with Gasteiger partial charge in [-0.2, -0.15) is 0 Å². The molecule has 0 atom stereocenters. The number of halogens is 1. The van der Waals surface area contributed by atoms with Crippen LogP contribution in [0.3, 0.4) is 0 Å². The molecule has 0 saturated heterocycles. The van der Waals surface area contributed by atoms with Crippen LogP contribution in [0.1, 0.15) is 10.4 Å². The molecular formula is C14H14FN3O2. The van der Waals surface area contributed by atoms with Crippen molar-refractivity contribution in [3.63, 3.8) is 0 Å². The third-order valence-electron chi connectivity index (χ3n) is 2.85. The fraction of sp³-hybridized carbons (Fsp3) is 0.0714. The average Bonchev–Trinajstić information content (AvgIpc) is 2.45. The van der Waals surface area contributed by atoms with Crippen molar-refractivity contribution in [2.45, 2.75) is 0 Å². The molecule has 0 aliphatic heterocycles. The molecule has 20 heavy (non-hydrogen) atoms. The Morgan fingerprint density at radius 3 is 2.50 bits per heavy atom. The Morgan fingerprint density at radius 1 is 1.30 bits per heavy atom. The summed E-state index contributed by atoms with van der Waals surface area (Å²) in [6.45, 7) is 0. The summed E-state index contributed by atoms with van der Waals surface area (Å²) in [6, 6.07) is 10.0. The van der Waals surface area contributed by atoms with Gasteiger partial charge in [0.15, 0.2) is 5.82 Å². The van der Waals surface area contributed by atoms with E-state index in [0.717, 1.165) is 0 Å². The molecule has 0 heterocycles.